The average molecular weight is 224 g/mol. The number of nitrogens with zero attached hydrogens (tertiary/aromatic N) is 1. The minimum Gasteiger partial charge on any atom is -0.393 e. The van der Waals surface area contributed by atoms with Crippen LogP contribution in [0.5, 0.6) is 0 Å². The van der Waals surface area contributed by atoms with Gasteiger partial charge in [0.1, 0.15) is 5.69 Å². The molecule has 0 aliphatic carbocycles. The summed E-state index contributed by atoms with van der Waals surface area (Å²) in [6.45, 7) is 0.368. The highest BCUT2D eigenvalue weighted by Crippen LogP contribution is 2.21. The van der Waals surface area contributed by atoms with Crippen molar-refractivity contribution in [1.29, 1.82) is 0 Å². The summed E-state index contributed by atoms with van der Waals surface area (Å²) < 4.78 is 0. The summed E-state index contributed by atoms with van der Waals surface area (Å²) in [5.41, 5.74) is 11.2. The number of primary amides is 1. The van der Waals surface area contributed by atoms with Crippen LogP contribution in [0.1, 0.15) is 5.56 Å². The van der Waals surface area contributed by atoms with Crippen LogP contribution in [0, 0.1) is 10.1 Å². The summed E-state index contributed by atoms with van der Waals surface area (Å²) in [6.07, 6.45) is 0.519. The molecule has 0 fully saturated rings. The van der Waals surface area contributed by atoms with Crippen LogP contribution in [0.15, 0.2) is 18.2 Å². The Kier molecular flexibility index (Phi) is 3.65. The number of carbonyl (C=O) groups excluding carboxylic acids is 1. The van der Waals surface area contributed by atoms with E-state index in [1.54, 1.807) is 6.07 Å². The fourth-order valence-corrected chi connectivity index (χ4v) is 1.26. The van der Waals surface area contributed by atoms with E-state index in [4.69, 9.17) is 11.5 Å². The maximum absolute atomic E-state index is 10.5. The number of amides is 2. The molecule has 16 heavy (non-hydrogen) atoms. The number of urea groups is 1. The highest BCUT2D eigenvalue weighted by Gasteiger charge is 2.10. The SMILES string of the molecule is NC(=O)NCCc1ccc([N+](=O)[O-])c(N)c1. The van der Waals surface area contributed by atoms with Gasteiger partial charge in [-0.1, -0.05) is 6.07 Å². The van der Waals surface area contributed by atoms with Gasteiger partial charge in [0.25, 0.3) is 5.69 Å². The third-order valence-electron chi connectivity index (χ3n) is 2.00. The highest BCUT2D eigenvalue weighted by molar-refractivity contribution is 5.71. The van der Waals surface area contributed by atoms with Crippen molar-refractivity contribution >= 4 is 17.4 Å². The molecule has 0 bridgehead atoms. The smallest absolute Gasteiger partial charge is 0.312 e. The van der Waals surface area contributed by atoms with Crippen LogP contribution in [0.25, 0.3) is 0 Å². The number of nitro benzene ring substituents is 1. The van der Waals surface area contributed by atoms with Crippen LogP contribution in [0.3, 0.4) is 0 Å². The summed E-state index contributed by atoms with van der Waals surface area (Å²) in [6, 6.07) is 3.85. The number of carbonyl (C=O) groups is 1. The predicted octanol–water partition coefficient (Wildman–Crippen LogP) is 0.388. The van der Waals surface area contributed by atoms with E-state index in [0.717, 1.165) is 5.56 Å². The Bertz CT molecular complexity index is 419. The molecule has 2 amide bonds. The number of nitrogens with two attached hydrogens (primary N) is 2. The van der Waals surface area contributed by atoms with Crippen LogP contribution >= 0.6 is 0 Å². The Morgan fingerprint density at radius 1 is 1.50 bits per heavy atom. The highest BCUT2D eigenvalue weighted by atomic mass is 16.6. The van der Waals surface area contributed by atoms with Gasteiger partial charge >= 0.3 is 6.03 Å². The van der Waals surface area contributed by atoms with E-state index < -0.39 is 11.0 Å². The topological polar surface area (TPSA) is 124 Å². The molecule has 0 radical (unpaired) electrons. The molecule has 0 saturated heterocycles. The van der Waals surface area contributed by atoms with Gasteiger partial charge in [-0.15, -0.1) is 0 Å². The van der Waals surface area contributed by atoms with Gasteiger partial charge in [-0.05, 0) is 18.1 Å². The first kappa shape index (κ1) is 11.8. The molecule has 0 heterocycles. The Balaban J connectivity index is 2.66. The normalized spacial score (nSPS) is 9.75. The summed E-state index contributed by atoms with van der Waals surface area (Å²) in [5, 5.41) is 12.9. The van der Waals surface area contributed by atoms with Crippen molar-refractivity contribution < 1.29 is 9.72 Å². The van der Waals surface area contributed by atoms with Crippen molar-refractivity contribution in [3.63, 3.8) is 0 Å². The van der Waals surface area contributed by atoms with Gasteiger partial charge in [-0.25, -0.2) is 4.79 Å². The molecule has 1 rings (SSSR count). The van der Waals surface area contributed by atoms with Crippen LogP contribution in [-0.4, -0.2) is 17.5 Å². The maximum atomic E-state index is 10.5. The number of nitro groups is 1. The van der Waals surface area contributed by atoms with Gasteiger partial charge in [-0.2, -0.15) is 0 Å². The minimum atomic E-state index is -0.602. The number of benzene rings is 1. The number of hydrogen-bond acceptors (Lipinski definition) is 4. The zero-order valence-corrected chi connectivity index (χ0v) is 8.47. The van der Waals surface area contributed by atoms with Crippen molar-refractivity contribution in [2.24, 2.45) is 5.73 Å². The number of anilines is 1. The van der Waals surface area contributed by atoms with E-state index in [2.05, 4.69) is 5.32 Å². The molecule has 1 aromatic carbocycles. The van der Waals surface area contributed by atoms with Crippen molar-refractivity contribution in [2.75, 3.05) is 12.3 Å². The number of hydrogen-bond donors (Lipinski definition) is 3. The van der Waals surface area contributed by atoms with Gasteiger partial charge < -0.3 is 16.8 Å². The molecule has 0 saturated carbocycles. The molecule has 1 aromatic rings. The molecular weight excluding hydrogens is 212 g/mol. The van der Waals surface area contributed by atoms with E-state index >= 15 is 0 Å². The third kappa shape index (κ3) is 3.12. The first-order chi connectivity index (χ1) is 7.50. The molecular formula is C9H12N4O3. The molecule has 0 aliphatic rings. The van der Waals surface area contributed by atoms with Gasteiger partial charge in [0, 0.05) is 12.6 Å². The van der Waals surface area contributed by atoms with Crippen molar-refractivity contribution in [1.82, 2.24) is 5.32 Å². The standard InChI is InChI=1S/C9H12N4O3/c10-7-5-6(3-4-12-9(11)14)1-2-8(7)13(15)16/h1-2,5H,3-4,10H2,(H3,11,12,14). The van der Waals surface area contributed by atoms with E-state index in [1.807, 2.05) is 0 Å². The molecule has 0 aromatic heterocycles. The number of nitrogen functional groups attached to an aromatic ring is 1. The fraction of sp³-hybridized carbons (Fsp3) is 0.222. The lowest BCUT2D eigenvalue weighted by molar-refractivity contribution is -0.383. The predicted molar refractivity (Wildman–Crippen MR) is 58.8 cm³/mol. The fourth-order valence-electron chi connectivity index (χ4n) is 1.26. The maximum Gasteiger partial charge on any atom is 0.312 e. The zero-order chi connectivity index (χ0) is 12.1. The summed E-state index contributed by atoms with van der Waals surface area (Å²) in [5.74, 6) is 0. The van der Waals surface area contributed by atoms with Gasteiger partial charge in [0.2, 0.25) is 0 Å². The lowest BCUT2D eigenvalue weighted by Gasteiger charge is -2.03. The van der Waals surface area contributed by atoms with Crippen LogP contribution in [0.4, 0.5) is 16.2 Å². The molecule has 7 nitrogen and oxygen atoms in total. The second-order valence-electron chi connectivity index (χ2n) is 3.19. The first-order valence-electron chi connectivity index (χ1n) is 4.57. The monoisotopic (exact) mass is 224 g/mol. The quantitative estimate of drug-likeness (QED) is 0.388. The average Bonchev–Trinajstić information content (AvgIpc) is 2.16. The zero-order valence-electron chi connectivity index (χ0n) is 8.47. The molecule has 7 heteroatoms. The van der Waals surface area contributed by atoms with E-state index in [9.17, 15) is 14.9 Å². The largest absolute Gasteiger partial charge is 0.393 e. The molecule has 5 N–H and O–H groups in total. The Morgan fingerprint density at radius 3 is 2.69 bits per heavy atom. The first-order valence-corrected chi connectivity index (χ1v) is 4.57. The van der Waals surface area contributed by atoms with Gasteiger partial charge in [0.05, 0.1) is 4.92 Å². The van der Waals surface area contributed by atoms with Gasteiger partial charge in [0.15, 0.2) is 0 Å². The molecule has 0 aliphatic heterocycles. The van der Waals surface area contributed by atoms with Gasteiger partial charge in [-0.3, -0.25) is 10.1 Å². The molecule has 0 spiro atoms. The van der Waals surface area contributed by atoms with Crippen LogP contribution in [0.2, 0.25) is 0 Å². The second kappa shape index (κ2) is 4.96. The summed E-state index contributed by atoms with van der Waals surface area (Å²) in [4.78, 5) is 20.3. The lowest BCUT2D eigenvalue weighted by Crippen LogP contribution is -2.30. The Morgan fingerprint density at radius 2 is 2.19 bits per heavy atom. The van der Waals surface area contributed by atoms with Crippen molar-refractivity contribution in [3.05, 3.63) is 33.9 Å². The number of rotatable bonds is 4. The number of nitrogens with one attached hydrogen (secondary N) is 1. The van der Waals surface area contributed by atoms with Crippen molar-refractivity contribution in [3.8, 4) is 0 Å². The van der Waals surface area contributed by atoms with E-state index in [1.165, 1.54) is 12.1 Å². The second-order valence-corrected chi connectivity index (χ2v) is 3.19. The van der Waals surface area contributed by atoms with Crippen LogP contribution < -0.4 is 16.8 Å². The minimum absolute atomic E-state index is 0.113. The van der Waals surface area contributed by atoms with E-state index in [-0.39, 0.29) is 11.4 Å². The molecule has 0 unspecified atom stereocenters. The van der Waals surface area contributed by atoms with Crippen LogP contribution in [-0.2, 0) is 6.42 Å². The summed E-state index contributed by atoms with van der Waals surface area (Å²) in [7, 11) is 0. The third-order valence-corrected chi connectivity index (χ3v) is 2.00. The molecule has 0 atom stereocenters. The Hall–Kier alpha value is -2.31. The lowest BCUT2D eigenvalue weighted by atomic mass is 10.1. The Labute approximate surface area is 91.6 Å². The summed E-state index contributed by atoms with van der Waals surface area (Å²) >= 11 is 0. The molecule has 86 valence electrons. The van der Waals surface area contributed by atoms with E-state index in [0.29, 0.717) is 13.0 Å². The van der Waals surface area contributed by atoms with Crippen molar-refractivity contribution in [2.45, 2.75) is 6.42 Å².